The first-order valence-electron chi connectivity index (χ1n) is 8.19. The van der Waals surface area contributed by atoms with Crippen LogP contribution in [0.2, 0.25) is 5.02 Å². The first-order valence-corrected chi connectivity index (χ1v) is 9.56. The summed E-state index contributed by atoms with van der Waals surface area (Å²) in [7, 11) is 1.68. The molecule has 0 saturated carbocycles. The Hall–Kier alpha value is -2.26. The molecule has 0 aliphatic heterocycles. The van der Waals surface area contributed by atoms with Crippen LogP contribution in [-0.2, 0) is 17.5 Å². The summed E-state index contributed by atoms with van der Waals surface area (Å²) in [6.45, 7) is 2.41. The van der Waals surface area contributed by atoms with Crippen molar-refractivity contribution in [3.63, 3.8) is 0 Å². The van der Waals surface area contributed by atoms with Crippen LogP contribution >= 0.6 is 23.4 Å². The van der Waals surface area contributed by atoms with E-state index < -0.39 is 11.7 Å². The van der Waals surface area contributed by atoms with Gasteiger partial charge in [0, 0.05) is 19.8 Å². The number of benzene rings is 1. The number of pyridine rings is 1. The van der Waals surface area contributed by atoms with Crippen molar-refractivity contribution in [2.75, 3.05) is 12.8 Å². The van der Waals surface area contributed by atoms with Gasteiger partial charge >= 0.3 is 6.18 Å². The van der Waals surface area contributed by atoms with Gasteiger partial charge in [-0.25, -0.2) is 0 Å². The lowest BCUT2D eigenvalue weighted by atomic mass is 10.1. The topological polar surface area (TPSA) is 50.5 Å². The van der Waals surface area contributed by atoms with Crippen LogP contribution in [0.5, 0.6) is 0 Å². The highest BCUT2D eigenvalue weighted by Crippen LogP contribution is 2.33. The Balaban J connectivity index is 1.73. The highest BCUT2D eigenvalue weighted by Gasteiger charge is 2.32. The molecular weight excluding hydrogens is 413 g/mol. The lowest BCUT2D eigenvalue weighted by Crippen LogP contribution is -2.28. The largest absolute Gasteiger partial charge is 0.417 e. The van der Waals surface area contributed by atoms with Crippen LogP contribution in [0, 0.1) is 6.92 Å². The average Bonchev–Trinajstić information content (AvgIpc) is 3.04. The van der Waals surface area contributed by atoms with E-state index in [1.54, 1.807) is 11.9 Å². The Morgan fingerprint density at radius 3 is 2.68 bits per heavy atom. The Morgan fingerprint density at radius 1 is 1.29 bits per heavy atom. The lowest BCUT2D eigenvalue weighted by Gasteiger charge is -2.18. The van der Waals surface area contributed by atoms with Crippen LogP contribution in [0.1, 0.15) is 16.7 Å². The molecule has 0 fully saturated rings. The number of thioether (sulfide) groups is 1. The number of nitrogens with zero attached hydrogens (tertiary/aromatic N) is 4. The maximum atomic E-state index is 13.0. The summed E-state index contributed by atoms with van der Waals surface area (Å²) in [5, 5.41) is 7.69. The smallest absolute Gasteiger partial charge is 0.341 e. The van der Waals surface area contributed by atoms with Crippen molar-refractivity contribution in [1.29, 1.82) is 0 Å². The lowest BCUT2D eigenvalue weighted by molar-refractivity contribution is -0.138. The third-order valence-corrected chi connectivity index (χ3v) is 5.38. The highest BCUT2D eigenvalue weighted by molar-refractivity contribution is 7.99. The number of rotatable bonds is 5. The fourth-order valence-corrected chi connectivity index (χ4v) is 3.65. The Bertz CT molecular complexity index is 1020. The van der Waals surface area contributed by atoms with Gasteiger partial charge in [0.15, 0.2) is 10.8 Å². The van der Waals surface area contributed by atoms with Crippen molar-refractivity contribution in [2.24, 2.45) is 0 Å². The Kier molecular flexibility index (Phi) is 5.85. The number of halogens is 4. The van der Waals surface area contributed by atoms with E-state index in [-0.39, 0.29) is 27.5 Å². The van der Waals surface area contributed by atoms with Crippen LogP contribution in [0.3, 0.4) is 0 Å². The van der Waals surface area contributed by atoms with E-state index in [1.807, 2.05) is 31.2 Å². The van der Waals surface area contributed by atoms with Crippen molar-refractivity contribution in [2.45, 2.75) is 24.8 Å². The molecule has 0 atom stereocenters. The standard InChI is InChI=1S/C18H16ClF3N4OS/c1-11-5-3-4-6-12(11)8-25(2)15(27)10-28-17-24-23-16-14(19)7-13(9-26(16)17)18(20,21)22/h3-7,9H,8,10H2,1-2H3. The van der Waals surface area contributed by atoms with Gasteiger partial charge in [-0.05, 0) is 24.1 Å². The predicted octanol–water partition coefficient (Wildman–Crippen LogP) is 4.46. The van der Waals surface area contributed by atoms with E-state index in [0.717, 1.165) is 39.6 Å². The van der Waals surface area contributed by atoms with Crippen LogP contribution in [0.4, 0.5) is 13.2 Å². The summed E-state index contributed by atoms with van der Waals surface area (Å²) >= 11 is 6.90. The predicted molar refractivity (Wildman–Crippen MR) is 101 cm³/mol. The fourth-order valence-electron chi connectivity index (χ4n) is 2.55. The summed E-state index contributed by atoms with van der Waals surface area (Å²) in [6, 6.07) is 8.54. The van der Waals surface area contributed by atoms with Crippen LogP contribution in [0.15, 0.2) is 41.7 Å². The second kappa shape index (κ2) is 8.00. The van der Waals surface area contributed by atoms with E-state index in [9.17, 15) is 18.0 Å². The Labute approximate surface area is 168 Å². The number of hydrogen-bond acceptors (Lipinski definition) is 4. The molecule has 0 N–H and O–H groups in total. The molecule has 0 unspecified atom stereocenters. The molecule has 0 aliphatic carbocycles. The first kappa shape index (κ1) is 20.5. The number of hydrogen-bond donors (Lipinski definition) is 0. The molecule has 1 amide bonds. The molecule has 0 saturated heterocycles. The summed E-state index contributed by atoms with van der Waals surface area (Å²) in [4.78, 5) is 14.0. The van der Waals surface area contributed by atoms with E-state index in [2.05, 4.69) is 10.2 Å². The minimum Gasteiger partial charge on any atom is -0.341 e. The highest BCUT2D eigenvalue weighted by atomic mass is 35.5. The molecule has 10 heteroatoms. The average molecular weight is 429 g/mol. The number of alkyl halides is 3. The van der Waals surface area contributed by atoms with E-state index in [0.29, 0.717) is 6.54 Å². The maximum Gasteiger partial charge on any atom is 0.417 e. The monoisotopic (exact) mass is 428 g/mol. The zero-order chi connectivity index (χ0) is 20.5. The normalized spacial score (nSPS) is 11.8. The zero-order valence-corrected chi connectivity index (χ0v) is 16.6. The SMILES string of the molecule is Cc1ccccc1CN(C)C(=O)CSc1nnc2c(Cl)cc(C(F)(F)F)cn12. The Morgan fingerprint density at radius 2 is 2.00 bits per heavy atom. The number of carbonyl (C=O) groups is 1. The van der Waals surface area contributed by atoms with Gasteiger partial charge in [-0.2, -0.15) is 13.2 Å². The van der Waals surface area contributed by atoms with Crippen LogP contribution < -0.4 is 0 Å². The van der Waals surface area contributed by atoms with Gasteiger partial charge < -0.3 is 4.90 Å². The summed E-state index contributed by atoms with van der Waals surface area (Å²) < 4.78 is 40.2. The van der Waals surface area contributed by atoms with Gasteiger partial charge in [-0.1, -0.05) is 47.6 Å². The summed E-state index contributed by atoms with van der Waals surface area (Å²) in [6.07, 6.45) is -3.67. The third-order valence-electron chi connectivity index (χ3n) is 4.18. The van der Waals surface area contributed by atoms with E-state index in [1.165, 1.54) is 0 Å². The molecule has 0 bridgehead atoms. The third kappa shape index (κ3) is 4.41. The van der Waals surface area contributed by atoms with Crippen molar-refractivity contribution >= 4 is 34.9 Å². The minimum atomic E-state index is -4.55. The van der Waals surface area contributed by atoms with Gasteiger partial charge in [-0.15, -0.1) is 10.2 Å². The molecule has 2 aromatic heterocycles. The first-order chi connectivity index (χ1) is 13.2. The van der Waals surface area contributed by atoms with E-state index >= 15 is 0 Å². The van der Waals surface area contributed by atoms with E-state index in [4.69, 9.17) is 11.6 Å². The van der Waals surface area contributed by atoms with Gasteiger partial charge in [-0.3, -0.25) is 9.20 Å². The number of amides is 1. The van der Waals surface area contributed by atoms with Crippen molar-refractivity contribution in [3.8, 4) is 0 Å². The molecule has 0 aliphatic rings. The zero-order valence-electron chi connectivity index (χ0n) is 15.0. The van der Waals surface area contributed by atoms with Crippen molar-refractivity contribution in [1.82, 2.24) is 19.5 Å². The number of aryl methyl sites for hydroxylation is 1. The number of fused-ring (bicyclic) bond motifs is 1. The molecule has 0 spiro atoms. The molecule has 5 nitrogen and oxygen atoms in total. The second-order valence-corrected chi connectivity index (χ2v) is 7.57. The summed E-state index contributed by atoms with van der Waals surface area (Å²) in [5.74, 6) is -0.167. The second-order valence-electron chi connectivity index (χ2n) is 6.22. The maximum absolute atomic E-state index is 13.0. The molecule has 1 aromatic carbocycles. The molecule has 3 aromatic rings. The number of aromatic nitrogens is 3. The van der Waals surface area contributed by atoms with Crippen LogP contribution in [0.25, 0.3) is 5.65 Å². The van der Waals surface area contributed by atoms with Crippen LogP contribution in [-0.4, -0.2) is 38.2 Å². The molecule has 0 radical (unpaired) electrons. The molecule has 148 valence electrons. The van der Waals surface area contributed by atoms with Crippen molar-refractivity contribution in [3.05, 3.63) is 58.2 Å². The molecule has 2 heterocycles. The quantitative estimate of drug-likeness (QED) is 0.563. The van der Waals surface area contributed by atoms with Gasteiger partial charge in [0.25, 0.3) is 0 Å². The molecular formula is C18H16ClF3N4OS. The van der Waals surface area contributed by atoms with Gasteiger partial charge in [0.2, 0.25) is 5.91 Å². The fraction of sp³-hybridized carbons (Fsp3) is 0.278. The van der Waals surface area contributed by atoms with Crippen molar-refractivity contribution < 1.29 is 18.0 Å². The summed E-state index contributed by atoms with van der Waals surface area (Å²) in [5.41, 5.74) is 1.30. The van der Waals surface area contributed by atoms with Gasteiger partial charge in [0.05, 0.1) is 16.3 Å². The molecule has 28 heavy (non-hydrogen) atoms. The number of carbonyl (C=O) groups excluding carboxylic acids is 1. The van der Waals surface area contributed by atoms with Gasteiger partial charge in [0.1, 0.15) is 0 Å². The molecule has 3 rings (SSSR count). The minimum absolute atomic E-state index is 0.0110.